The first-order chi connectivity index (χ1) is 8.29. The summed E-state index contributed by atoms with van der Waals surface area (Å²) in [4.78, 5) is 11.8. The van der Waals surface area contributed by atoms with E-state index in [0.717, 1.165) is 30.6 Å². The van der Waals surface area contributed by atoms with Gasteiger partial charge in [0, 0.05) is 18.8 Å². The highest BCUT2D eigenvalue weighted by Gasteiger charge is 2.23. The van der Waals surface area contributed by atoms with Gasteiger partial charge in [-0.15, -0.1) is 0 Å². The van der Waals surface area contributed by atoms with Crippen LogP contribution >= 0.6 is 0 Å². The topological polar surface area (TPSA) is 50.4 Å². The van der Waals surface area contributed by atoms with E-state index in [9.17, 15) is 4.79 Å². The molecule has 4 nitrogen and oxygen atoms in total. The van der Waals surface area contributed by atoms with Crippen LogP contribution in [0.1, 0.15) is 18.4 Å². The summed E-state index contributed by atoms with van der Waals surface area (Å²) in [7, 11) is 1.90. The maximum Gasteiger partial charge on any atom is 0.253 e. The second-order valence-corrected chi connectivity index (χ2v) is 4.22. The molecule has 4 heteroatoms. The molecule has 1 unspecified atom stereocenters. The minimum Gasteiger partial charge on any atom is -0.368 e. The van der Waals surface area contributed by atoms with Crippen molar-refractivity contribution in [1.82, 2.24) is 5.32 Å². The summed E-state index contributed by atoms with van der Waals surface area (Å²) in [6, 6.07) is 7.84. The standard InChI is InChI=1S/C13H18N2O2/c1-14-9-10-4-2-5-11(8-10)15-13(16)12-6-3-7-17-12/h2,4-5,8,12,14H,3,6-7,9H2,1H3,(H,15,16). The van der Waals surface area contributed by atoms with E-state index in [0.29, 0.717) is 6.61 Å². The van der Waals surface area contributed by atoms with Crippen molar-refractivity contribution >= 4 is 11.6 Å². The monoisotopic (exact) mass is 234 g/mol. The van der Waals surface area contributed by atoms with Crippen molar-refractivity contribution in [2.24, 2.45) is 0 Å². The molecule has 2 N–H and O–H groups in total. The van der Waals surface area contributed by atoms with Crippen molar-refractivity contribution in [3.05, 3.63) is 29.8 Å². The first kappa shape index (κ1) is 12.1. The van der Waals surface area contributed by atoms with Crippen LogP contribution in [0.4, 0.5) is 5.69 Å². The fourth-order valence-electron chi connectivity index (χ4n) is 1.97. The van der Waals surface area contributed by atoms with E-state index in [-0.39, 0.29) is 12.0 Å². The van der Waals surface area contributed by atoms with E-state index >= 15 is 0 Å². The van der Waals surface area contributed by atoms with Crippen molar-refractivity contribution in [3.8, 4) is 0 Å². The van der Waals surface area contributed by atoms with Crippen LogP contribution in [0.15, 0.2) is 24.3 Å². The van der Waals surface area contributed by atoms with Crippen molar-refractivity contribution in [2.45, 2.75) is 25.5 Å². The summed E-state index contributed by atoms with van der Waals surface area (Å²) in [6.45, 7) is 1.49. The van der Waals surface area contributed by atoms with Gasteiger partial charge in [0.1, 0.15) is 6.10 Å². The minimum atomic E-state index is -0.275. The van der Waals surface area contributed by atoms with E-state index in [2.05, 4.69) is 10.6 Å². The summed E-state index contributed by atoms with van der Waals surface area (Å²) in [6.07, 6.45) is 1.52. The van der Waals surface area contributed by atoms with Gasteiger partial charge < -0.3 is 15.4 Å². The molecule has 1 saturated heterocycles. The number of anilines is 1. The molecule has 1 aliphatic heterocycles. The molecule has 0 radical (unpaired) electrons. The number of rotatable bonds is 4. The Morgan fingerprint density at radius 1 is 1.53 bits per heavy atom. The van der Waals surface area contributed by atoms with Crippen LogP contribution in [-0.2, 0) is 16.1 Å². The Labute approximate surface area is 101 Å². The van der Waals surface area contributed by atoms with Crippen LogP contribution in [0, 0.1) is 0 Å². The van der Waals surface area contributed by atoms with Gasteiger partial charge in [0.25, 0.3) is 5.91 Å². The van der Waals surface area contributed by atoms with Gasteiger partial charge in [-0.1, -0.05) is 12.1 Å². The molecule has 2 rings (SSSR count). The Morgan fingerprint density at radius 3 is 3.12 bits per heavy atom. The largest absolute Gasteiger partial charge is 0.368 e. The van der Waals surface area contributed by atoms with Crippen LogP contribution in [-0.4, -0.2) is 25.7 Å². The summed E-state index contributed by atoms with van der Waals surface area (Å²) < 4.78 is 5.34. The SMILES string of the molecule is CNCc1cccc(NC(=O)C2CCCO2)c1. The molecule has 1 atom stereocenters. The Morgan fingerprint density at radius 2 is 2.41 bits per heavy atom. The number of hydrogen-bond acceptors (Lipinski definition) is 3. The van der Waals surface area contributed by atoms with Crippen LogP contribution in [0.25, 0.3) is 0 Å². The number of benzene rings is 1. The lowest BCUT2D eigenvalue weighted by atomic mass is 10.2. The van der Waals surface area contributed by atoms with Gasteiger partial charge in [-0.25, -0.2) is 0 Å². The third-order valence-electron chi connectivity index (χ3n) is 2.80. The van der Waals surface area contributed by atoms with Crippen molar-refractivity contribution in [2.75, 3.05) is 19.0 Å². The summed E-state index contributed by atoms with van der Waals surface area (Å²) in [5.41, 5.74) is 1.98. The lowest BCUT2D eigenvalue weighted by Crippen LogP contribution is -2.26. The van der Waals surface area contributed by atoms with E-state index in [1.807, 2.05) is 31.3 Å². The zero-order chi connectivity index (χ0) is 12.1. The Kier molecular flexibility index (Phi) is 4.12. The molecule has 1 aromatic carbocycles. The highest BCUT2D eigenvalue weighted by atomic mass is 16.5. The van der Waals surface area contributed by atoms with Crippen LogP contribution in [0.2, 0.25) is 0 Å². The Balaban J connectivity index is 1.97. The van der Waals surface area contributed by atoms with Crippen LogP contribution in [0.3, 0.4) is 0 Å². The third kappa shape index (κ3) is 3.28. The lowest BCUT2D eigenvalue weighted by molar-refractivity contribution is -0.124. The molecular weight excluding hydrogens is 216 g/mol. The number of ether oxygens (including phenoxy) is 1. The Bertz CT molecular complexity index is 387. The second kappa shape index (κ2) is 5.80. The molecule has 1 fully saturated rings. The summed E-state index contributed by atoms with van der Waals surface area (Å²) in [5.74, 6) is -0.0379. The third-order valence-corrected chi connectivity index (χ3v) is 2.80. The molecule has 0 aliphatic carbocycles. The van der Waals surface area contributed by atoms with Gasteiger partial charge in [0.15, 0.2) is 0 Å². The first-order valence-corrected chi connectivity index (χ1v) is 5.95. The van der Waals surface area contributed by atoms with E-state index < -0.39 is 0 Å². The summed E-state index contributed by atoms with van der Waals surface area (Å²) >= 11 is 0. The molecule has 1 amide bonds. The number of carbonyl (C=O) groups is 1. The number of nitrogens with one attached hydrogen (secondary N) is 2. The fraction of sp³-hybridized carbons (Fsp3) is 0.462. The fourth-order valence-corrected chi connectivity index (χ4v) is 1.97. The number of hydrogen-bond donors (Lipinski definition) is 2. The van der Waals surface area contributed by atoms with Crippen molar-refractivity contribution < 1.29 is 9.53 Å². The molecule has 92 valence electrons. The van der Waals surface area contributed by atoms with E-state index in [4.69, 9.17) is 4.74 Å². The van der Waals surface area contributed by atoms with Gasteiger partial charge in [0.05, 0.1) is 0 Å². The molecule has 17 heavy (non-hydrogen) atoms. The number of carbonyl (C=O) groups excluding carboxylic acids is 1. The van der Waals surface area contributed by atoms with Crippen LogP contribution in [0.5, 0.6) is 0 Å². The highest BCUT2D eigenvalue weighted by Crippen LogP contribution is 2.16. The van der Waals surface area contributed by atoms with Crippen LogP contribution < -0.4 is 10.6 Å². The minimum absolute atomic E-state index is 0.0379. The average Bonchev–Trinajstić information content (AvgIpc) is 2.83. The van der Waals surface area contributed by atoms with Gasteiger partial charge >= 0.3 is 0 Å². The number of amides is 1. The second-order valence-electron chi connectivity index (χ2n) is 4.22. The smallest absolute Gasteiger partial charge is 0.253 e. The maximum absolute atomic E-state index is 11.8. The van der Waals surface area contributed by atoms with E-state index in [1.54, 1.807) is 0 Å². The normalized spacial score (nSPS) is 19.2. The molecule has 1 aliphatic rings. The molecule has 1 heterocycles. The zero-order valence-corrected chi connectivity index (χ0v) is 10.0. The quantitative estimate of drug-likeness (QED) is 0.830. The molecule has 0 spiro atoms. The average molecular weight is 234 g/mol. The summed E-state index contributed by atoms with van der Waals surface area (Å²) in [5, 5.41) is 5.97. The van der Waals surface area contributed by atoms with Crippen molar-refractivity contribution in [3.63, 3.8) is 0 Å². The van der Waals surface area contributed by atoms with Gasteiger partial charge in [-0.05, 0) is 37.6 Å². The van der Waals surface area contributed by atoms with E-state index in [1.165, 1.54) is 0 Å². The highest BCUT2D eigenvalue weighted by molar-refractivity contribution is 5.94. The predicted molar refractivity (Wildman–Crippen MR) is 66.8 cm³/mol. The zero-order valence-electron chi connectivity index (χ0n) is 10.0. The maximum atomic E-state index is 11.8. The Hall–Kier alpha value is -1.39. The van der Waals surface area contributed by atoms with Gasteiger partial charge in [-0.3, -0.25) is 4.79 Å². The molecule has 0 aromatic heterocycles. The molecular formula is C13H18N2O2. The van der Waals surface area contributed by atoms with Gasteiger partial charge in [0.2, 0.25) is 0 Å². The van der Waals surface area contributed by atoms with Crippen molar-refractivity contribution in [1.29, 1.82) is 0 Å². The molecule has 0 bridgehead atoms. The molecule has 0 saturated carbocycles. The lowest BCUT2D eigenvalue weighted by Gasteiger charge is -2.11. The predicted octanol–water partition coefficient (Wildman–Crippen LogP) is 1.52. The van der Waals surface area contributed by atoms with Gasteiger partial charge in [-0.2, -0.15) is 0 Å². The molecule has 1 aromatic rings. The first-order valence-electron chi connectivity index (χ1n) is 5.95.